The van der Waals surface area contributed by atoms with Gasteiger partial charge in [-0.25, -0.2) is 4.79 Å². The highest BCUT2D eigenvalue weighted by Gasteiger charge is 2.21. The van der Waals surface area contributed by atoms with Gasteiger partial charge in [-0.3, -0.25) is 4.18 Å². The molecule has 1 aliphatic rings. The molecule has 0 saturated carbocycles. The second-order valence-corrected chi connectivity index (χ2v) is 5.50. The van der Waals surface area contributed by atoms with Gasteiger partial charge in [-0.1, -0.05) is 17.7 Å². The summed E-state index contributed by atoms with van der Waals surface area (Å²) >= 11 is 0. The van der Waals surface area contributed by atoms with Crippen LogP contribution < -0.4 is 0 Å². The first-order chi connectivity index (χ1) is 8.47. The van der Waals surface area contributed by atoms with Gasteiger partial charge >= 0.3 is 5.97 Å². The number of aryl methyl sites for hydroxylation is 1. The van der Waals surface area contributed by atoms with E-state index in [-0.39, 0.29) is 11.5 Å². The monoisotopic (exact) mass is 268 g/mol. The molecular weight excluding hydrogens is 256 g/mol. The summed E-state index contributed by atoms with van der Waals surface area (Å²) in [5.41, 5.74) is 0.960. The van der Waals surface area contributed by atoms with Crippen molar-refractivity contribution in [3.63, 3.8) is 0 Å². The second-order valence-electron chi connectivity index (χ2n) is 3.89. The van der Waals surface area contributed by atoms with E-state index in [4.69, 9.17) is 8.92 Å². The van der Waals surface area contributed by atoms with Gasteiger partial charge in [-0.15, -0.1) is 0 Å². The zero-order valence-electron chi connectivity index (χ0n) is 9.70. The minimum Gasteiger partial charge on any atom is -0.452 e. The molecular formula is C12H12O5S. The number of ether oxygens (including phenoxy) is 1. The third kappa shape index (κ3) is 2.96. The molecule has 2 rings (SSSR count). The van der Waals surface area contributed by atoms with E-state index in [0.29, 0.717) is 0 Å². The molecule has 0 fully saturated rings. The summed E-state index contributed by atoms with van der Waals surface area (Å²) in [7, 11) is -3.81. The second kappa shape index (κ2) is 4.91. The van der Waals surface area contributed by atoms with Crippen LogP contribution in [0.4, 0.5) is 0 Å². The van der Waals surface area contributed by atoms with Crippen molar-refractivity contribution in [1.82, 2.24) is 0 Å². The van der Waals surface area contributed by atoms with Gasteiger partial charge in [0.05, 0.1) is 4.90 Å². The molecule has 0 N–H and O–H groups in total. The molecule has 0 saturated heterocycles. The molecule has 0 amide bonds. The first kappa shape index (κ1) is 12.8. The Labute approximate surface area is 105 Å². The van der Waals surface area contributed by atoms with Gasteiger partial charge in [0.15, 0.2) is 0 Å². The Bertz CT molecular complexity index is 571. The average Bonchev–Trinajstić information content (AvgIpc) is 2.73. The highest BCUT2D eigenvalue weighted by Crippen LogP contribution is 2.15. The van der Waals surface area contributed by atoms with Gasteiger partial charge in [0.1, 0.15) is 12.7 Å². The molecule has 1 aliphatic heterocycles. The van der Waals surface area contributed by atoms with E-state index in [1.165, 1.54) is 24.3 Å². The van der Waals surface area contributed by atoms with Crippen LogP contribution in [0, 0.1) is 6.92 Å². The molecule has 5 nitrogen and oxygen atoms in total. The summed E-state index contributed by atoms with van der Waals surface area (Å²) in [6, 6.07) is 6.32. The van der Waals surface area contributed by atoms with E-state index in [9.17, 15) is 13.2 Å². The van der Waals surface area contributed by atoms with Crippen molar-refractivity contribution in [2.75, 3.05) is 6.61 Å². The summed E-state index contributed by atoms with van der Waals surface area (Å²) in [4.78, 5) is 10.9. The van der Waals surface area contributed by atoms with E-state index < -0.39 is 22.2 Å². The first-order valence-electron chi connectivity index (χ1n) is 5.32. The third-order valence-electron chi connectivity index (χ3n) is 2.41. The first-order valence-corrected chi connectivity index (χ1v) is 6.73. The molecule has 0 spiro atoms. The standard InChI is InChI=1S/C12H12O5S/c1-9-2-5-11(6-3-9)18(14,15)16-8-10-4-7-12(13)17-10/h2-7,10H,8H2,1H3/t10-/m0/s1. The number of rotatable bonds is 4. The van der Waals surface area contributed by atoms with E-state index in [2.05, 4.69) is 0 Å². The minimum absolute atomic E-state index is 0.0846. The van der Waals surface area contributed by atoms with Crippen LogP contribution in [0.5, 0.6) is 0 Å². The normalized spacial score (nSPS) is 18.9. The van der Waals surface area contributed by atoms with Gasteiger partial charge in [-0.05, 0) is 25.1 Å². The largest absolute Gasteiger partial charge is 0.452 e. The molecule has 0 aliphatic carbocycles. The highest BCUT2D eigenvalue weighted by atomic mass is 32.2. The van der Waals surface area contributed by atoms with Crippen molar-refractivity contribution in [3.8, 4) is 0 Å². The van der Waals surface area contributed by atoms with Gasteiger partial charge < -0.3 is 4.74 Å². The lowest BCUT2D eigenvalue weighted by atomic mass is 10.2. The zero-order chi connectivity index (χ0) is 13.2. The van der Waals surface area contributed by atoms with Crippen LogP contribution in [-0.2, 0) is 23.8 Å². The molecule has 1 heterocycles. The Morgan fingerprint density at radius 1 is 1.28 bits per heavy atom. The minimum atomic E-state index is -3.81. The van der Waals surface area contributed by atoms with Crippen molar-refractivity contribution in [3.05, 3.63) is 42.0 Å². The van der Waals surface area contributed by atoms with E-state index in [1.54, 1.807) is 12.1 Å². The third-order valence-corrected chi connectivity index (χ3v) is 3.71. The summed E-state index contributed by atoms with van der Waals surface area (Å²) in [6.07, 6.45) is 2.07. The smallest absolute Gasteiger partial charge is 0.331 e. The van der Waals surface area contributed by atoms with Crippen molar-refractivity contribution in [2.24, 2.45) is 0 Å². The quantitative estimate of drug-likeness (QED) is 0.606. The fourth-order valence-corrected chi connectivity index (χ4v) is 2.35. The maximum atomic E-state index is 11.8. The molecule has 0 bridgehead atoms. The van der Waals surface area contributed by atoms with E-state index in [1.807, 2.05) is 6.92 Å². The summed E-state index contributed by atoms with van der Waals surface area (Å²) in [5, 5.41) is 0. The molecule has 0 aromatic heterocycles. The molecule has 6 heteroatoms. The van der Waals surface area contributed by atoms with Crippen LogP contribution >= 0.6 is 0 Å². The lowest BCUT2D eigenvalue weighted by molar-refractivity contribution is -0.139. The SMILES string of the molecule is Cc1ccc(S(=O)(=O)OC[C@@H]2C=CC(=O)O2)cc1. The van der Waals surface area contributed by atoms with Crippen LogP contribution in [0.15, 0.2) is 41.3 Å². The van der Waals surface area contributed by atoms with Crippen molar-refractivity contribution >= 4 is 16.1 Å². The Balaban J connectivity index is 2.02. The number of carbonyl (C=O) groups is 1. The predicted octanol–water partition coefficient (Wildman–Crippen LogP) is 1.18. The topological polar surface area (TPSA) is 69.7 Å². The number of hydrogen-bond donors (Lipinski definition) is 0. The summed E-state index contributed by atoms with van der Waals surface area (Å²) in [6.45, 7) is 1.65. The number of benzene rings is 1. The van der Waals surface area contributed by atoms with Gasteiger partial charge in [-0.2, -0.15) is 8.42 Å². The molecule has 96 valence electrons. The van der Waals surface area contributed by atoms with E-state index in [0.717, 1.165) is 5.56 Å². The Morgan fingerprint density at radius 3 is 2.50 bits per heavy atom. The van der Waals surface area contributed by atoms with Crippen molar-refractivity contribution in [2.45, 2.75) is 17.9 Å². The maximum Gasteiger partial charge on any atom is 0.331 e. The van der Waals surface area contributed by atoms with Crippen LogP contribution in [-0.4, -0.2) is 27.1 Å². The molecule has 0 radical (unpaired) electrons. The average molecular weight is 268 g/mol. The van der Waals surface area contributed by atoms with Crippen LogP contribution in [0.2, 0.25) is 0 Å². The highest BCUT2D eigenvalue weighted by molar-refractivity contribution is 7.86. The maximum absolute atomic E-state index is 11.8. The van der Waals surface area contributed by atoms with Crippen LogP contribution in [0.25, 0.3) is 0 Å². The molecule has 1 aromatic carbocycles. The lowest BCUT2D eigenvalue weighted by Gasteiger charge is -2.09. The predicted molar refractivity (Wildman–Crippen MR) is 63.3 cm³/mol. The summed E-state index contributed by atoms with van der Waals surface area (Å²) in [5.74, 6) is -0.490. The zero-order valence-corrected chi connectivity index (χ0v) is 10.5. The number of hydrogen-bond acceptors (Lipinski definition) is 5. The lowest BCUT2D eigenvalue weighted by Crippen LogP contribution is -2.19. The van der Waals surface area contributed by atoms with Crippen molar-refractivity contribution < 1.29 is 22.1 Å². The van der Waals surface area contributed by atoms with Gasteiger partial charge in [0.2, 0.25) is 0 Å². The molecule has 1 aromatic rings. The molecule has 18 heavy (non-hydrogen) atoms. The van der Waals surface area contributed by atoms with E-state index >= 15 is 0 Å². The number of carbonyl (C=O) groups excluding carboxylic acids is 1. The number of esters is 1. The fraction of sp³-hybridized carbons (Fsp3) is 0.250. The van der Waals surface area contributed by atoms with Crippen LogP contribution in [0.3, 0.4) is 0 Å². The Hall–Kier alpha value is -1.66. The Kier molecular flexibility index (Phi) is 3.49. The Morgan fingerprint density at radius 2 is 1.94 bits per heavy atom. The van der Waals surface area contributed by atoms with Crippen LogP contribution in [0.1, 0.15) is 5.56 Å². The number of cyclic esters (lactones) is 1. The molecule has 0 unspecified atom stereocenters. The van der Waals surface area contributed by atoms with Gasteiger partial charge in [0.25, 0.3) is 10.1 Å². The van der Waals surface area contributed by atoms with Crippen molar-refractivity contribution in [1.29, 1.82) is 0 Å². The van der Waals surface area contributed by atoms with Gasteiger partial charge in [0, 0.05) is 6.08 Å². The summed E-state index contributed by atoms with van der Waals surface area (Å²) < 4.78 is 33.2. The fourth-order valence-electron chi connectivity index (χ4n) is 1.43. The molecule has 1 atom stereocenters.